The van der Waals surface area contributed by atoms with Gasteiger partial charge >= 0.3 is 5.97 Å². The summed E-state index contributed by atoms with van der Waals surface area (Å²) in [4.78, 5) is 10.5. The van der Waals surface area contributed by atoms with Crippen molar-refractivity contribution in [1.82, 2.24) is 0 Å². The van der Waals surface area contributed by atoms with Crippen molar-refractivity contribution in [3.05, 3.63) is 0 Å². The van der Waals surface area contributed by atoms with Gasteiger partial charge in [-0.25, -0.2) is 4.79 Å². The van der Waals surface area contributed by atoms with Gasteiger partial charge in [-0.15, -0.1) is 12.3 Å². The van der Waals surface area contributed by atoms with Crippen LogP contribution in [0.1, 0.15) is 13.3 Å². The van der Waals surface area contributed by atoms with Gasteiger partial charge in [0, 0.05) is 6.42 Å². The minimum atomic E-state index is -1.06. The van der Waals surface area contributed by atoms with Crippen LogP contribution < -0.4 is 0 Å². The van der Waals surface area contributed by atoms with E-state index >= 15 is 0 Å². The molecule has 0 amide bonds. The molecule has 0 aliphatic carbocycles. The number of hydrogen-bond donors (Lipinski definition) is 1. The molecule has 0 spiro atoms. The molecular weight excluding hydrogens is 132 g/mol. The normalized spacial score (nSPS) is 11.7. The lowest BCUT2D eigenvalue weighted by Crippen LogP contribution is -2.19. The van der Waals surface area contributed by atoms with Crippen molar-refractivity contribution in [2.45, 2.75) is 19.4 Å². The molecular formula is C7H10O3. The molecule has 0 aliphatic heterocycles. The molecule has 1 N–H and O–H groups in total. The van der Waals surface area contributed by atoms with Crippen LogP contribution in [-0.2, 0) is 9.53 Å². The highest BCUT2D eigenvalue weighted by Crippen LogP contribution is 1.87. The van der Waals surface area contributed by atoms with Gasteiger partial charge in [0.25, 0.3) is 0 Å². The molecule has 0 heterocycles. The average Bonchev–Trinajstić information content (AvgIpc) is 1.88. The first kappa shape index (κ1) is 8.99. The molecule has 0 aromatic rings. The van der Waals surface area contributed by atoms with Gasteiger partial charge in [-0.3, -0.25) is 0 Å². The Kier molecular flexibility index (Phi) is 4.34. The van der Waals surface area contributed by atoms with Crippen LogP contribution in [0, 0.1) is 12.3 Å². The Balaban J connectivity index is 3.33. The predicted molar refractivity (Wildman–Crippen MR) is 36.1 cm³/mol. The molecule has 0 aromatic heterocycles. The smallest absolute Gasteiger partial charge is 0.334 e. The second-order valence-corrected chi connectivity index (χ2v) is 1.80. The number of hydrogen-bond acceptors (Lipinski definition) is 3. The molecule has 1 atom stereocenters. The standard InChI is InChI=1S/C7H10O3/c1-3-4-5-10-7(9)6(2)8/h1,6,8H,4-5H2,2H3. The summed E-state index contributed by atoms with van der Waals surface area (Å²) in [6.07, 6.45) is 4.22. The molecule has 0 bridgehead atoms. The van der Waals surface area contributed by atoms with Crippen LogP contribution in [0.2, 0.25) is 0 Å². The van der Waals surface area contributed by atoms with Crippen molar-refractivity contribution in [2.24, 2.45) is 0 Å². The Morgan fingerprint density at radius 3 is 2.90 bits per heavy atom. The van der Waals surface area contributed by atoms with Gasteiger partial charge < -0.3 is 9.84 Å². The van der Waals surface area contributed by atoms with Crippen molar-refractivity contribution in [2.75, 3.05) is 6.61 Å². The van der Waals surface area contributed by atoms with Gasteiger partial charge in [0.15, 0.2) is 0 Å². The largest absolute Gasteiger partial charge is 0.463 e. The van der Waals surface area contributed by atoms with Gasteiger partial charge in [-0.05, 0) is 6.92 Å². The lowest BCUT2D eigenvalue weighted by molar-refractivity contribution is -0.152. The highest BCUT2D eigenvalue weighted by atomic mass is 16.5. The van der Waals surface area contributed by atoms with E-state index in [1.165, 1.54) is 6.92 Å². The summed E-state index contributed by atoms with van der Waals surface area (Å²) in [5, 5.41) is 8.59. The Morgan fingerprint density at radius 2 is 2.50 bits per heavy atom. The minimum absolute atomic E-state index is 0.181. The average molecular weight is 142 g/mol. The molecule has 0 radical (unpaired) electrons. The Hall–Kier alpha value is -1.01. The topological polar surface area (TPSA) is 46.5 Å². The third-order valence-electron chi connectivity index (χ3n) is 0.832. The van der Waals surface area contributed by atoms with E-state index in [9.17, 15) is 4.79 Å². The van der Waals surface area contributed by atoms with E-state index in [2.05, 4.69) is 10.7 Å². The molecule has 56 valence electrons. The second-order valence-electron chi connectivity index (χ2n) is 1.80. The minimum Gasteiger partial charge on any atom is -0.463 e. The fourth-order valence-corrected chi connectivity index (χ4v) is 0.331. The molecule has 0 rings (SSSR count). The number of carbonyl (C=O) groups is 1. The summed E-state index contributed by atoms with van der Waals surface area (Å²) in [5.41, 5.74) is 0. The second kappa shape index (κ2) is 4.83. The van der Waals surface area contributed by atoms with E-state index in [-0.39, 0.29) is 6.61 Å². The number of esters is 1. The first-order chi connectivity index (χ1) is 4.68. The lowest BCUT2D eigenvalue weighted by Gasteiger charge is -2.02. The molecule has 0 saturated carbocycles. The third kappa shape index (κ3) is 3.93. The summed E-state index contributed by atoms with van der Waals surface area (Å²) in [7, 11) is 0. The molecule has 10 heavy (non-hydrogen) atoms. The van der Waals surface area contributed by atoms with Crippen LogP contribution in [0.5, 0.6) is 0 Å². The van der Waals surface area contributed by atoms with E-state index < -0.39 is 12.1 Å². The number of carbonyl (C=O) groups excluding carboxylic acids is 1. The highest BCUT2D eigenvalue weighted by Gasteiger charge is 2.08. The van der Waals surface area contributed by atoms with Crippen molar-refractivity contribution in [3.8, 4) is 12.3 Å². The van der Waals surface area contributed by atoms with E-state index in [4.69, 9.17) is 11.5 Å². The summed E-state index contributed by atoms with van der Waals surface area (Å²) < 4.78 is 4.51. The summed E-state index contributed by atoms with van der Waals surface area (Å²) in [6, 6.07) is 0. The van der Waals surface area contributed by atoms with Crippen LogP contribution in [-0.4, -0.2) is 23.8 Å². The highest BCUT2D eigenvalue weighted by molar-refractivity contribution is 5.73. The quantitative estimate of drug-likeness (QED) is 0.341. The van der Waals surface area contributed by atoms with E-state index in [1.54, 1.807) is 0 Å². The zero-order valence-electron chi connectivity index (χ0n) is 5.83. The van der Waals surface area contributed by atoms with Gasteiger partial charge in [-0.1, -0.05) is 0 Å². The number of aliphatic hydroxyl groups is 1. The molecule has 3 nitrogen and oxygen atoms in total. The van der Waals surface area contributed by atoms with Gasteiger partial charge in [0.1, 0.15) is 12.7 Å². The fourth-order valence-electron chi connectivity index (χ4n) is 0.331. The summed E-state index contributed by atoms with van der Waals surface area (Å²) in [6.45, 7) is 1.53. The van der Waals surface area contributed by atoms with E-state index in [0.29, 0.717) is 6.42 Å². The molecule has 3 heteroatoms. The van der Waals surface area contributed by atoms with Crippen LogP contribution >= 0.6 is 0 Å². The number of terminal acetylenes is 1. The Bertz CT molecular complexity index is 143. The van der Waals surface area contributed by atoms with Crippen molar-refractivity contribution in [3.63, 3.8) is 0 Å². The van der Waals surface area contributed by atoms with Crippen LogP contribution in [0.15, 0.2) is 0 Å². The van der Waals surface area contributed by atoms with Gasteiger partial charge in [0.05, 0.1) is 0 Å². The molecule has 0 saturated heterocycles. The number of ether oxygens (including phenoxy) is 1. The van der Waals surface area contributed by atoms with Gasteiger partial charge in [0.2, 0.25) is 0 Å². The maximum atomic E-state index is 10.5. The number of aliphatic hydroxyl groups excluding tert-OH is 1. The zero-order valence-corrected chi connectivity index (χ0v) is 5.83. The Labute approximate surface area is 60.0 Å². The van der Waals surface area contributed by atoms with E-state index in [1.807, 2.05) is 0 Å². The third-order valence-corrected chi connectivity index (χ3v) is 0.832. The predicted octanol–water partition coefficient (Wildman–Crippen LogP) is -0.0663. The number of rotatable bonds is 3. The lowest BCUT2D eigenvalue weighted by atomic mass is 10.4. The van der Waals surface area contributed by atoms with Crippen molar-refractivity contribution < 1.29 is 14.6 Å². The fraction of sp³-hybridized carbons (Fsp3) is 0.571. The van der Waals surface area contributed by atoms with Crippen LogP contribution in [0.4, 0.5) is 0 Å². The zero-order chi connectivity index (χ0) is 7.98. The molecule has 1 unspecified atom stereocenters. The molecule has 0 fully saturated rings. The Morgan fingerprint density at radius 1 is 1.90 bits per heavy atom. The summed E-state index contributed by atoms with van der Waals surface area (Å²) >= 11 is 0. The monoisotopic (exact) mass is 142 g/mol. The van der Waals surface area contributed by atoms with E-state index in [0.717, 1.165) is 0 Å². The van der Waals surface area contributed by atoms with Crippen molar-refractivity contribution in [1.29, 1.82) is 0 Å². The first-order valence-electron chi connectivity index (χ1n) is 2.96. The SMILES string of the molecule is C#CCCOC(=O)C(C)O. The summed E-state index contributed by atoms with van der Waals surface area (Å²) in [5.74, 6) is 1.67. The van der Waals surface area contributed by atoms with Crippen LogP contribution in [0.3, 0.4) is 0 Å². The van der Waals surface area contributed by atoms with Gasteiger partial charge in [-0.2, -0.15) is 0 Å². The first-order valence-corrected chi connectivity index (χ1v) is 2.96. The maximum absolute atomic E-state index is 10.5. The molecule has 0 aliphatic rings. The van der Waals surface area contributed by atoms with Crippen LogP contribution in [0.25, 0.3) is 0 Å². The molecule has 0 aromatic carbocycles. The van der Waals surface area contributed by atoms with Crippen molar-refractivity contribution >= 4 is 5.97 Å². The maximum Gasteiger partial charge on any atom is 0.334 e.